The Labute approximate surface area is 220 Å². The van der Waals surface area contributed by atoms with Gasteiger partial charge >= 0.3 is 0 Å². The number of hydrogen-bond acceptors (Lipinski definition) is 4. The van der Waals surface area contributed by atoms with Crippen LogP contribution >= 0.6 is 11.6 Å². The Bertz CT molecular complexity index is 1170. The average molecular weight is 536 g/mol. The van der Waals surface area contributed by atoms with E-state index in [-0.39, 0.29) is 30.8 Å². The van der Waals surface area contributed by atoms with Gasteiger partial charge in [0.25, 0.3) is 0 Å². The fourth-order valence-electron chi connectivity index (χ4n) is 4.10. The monoisotopic (exact) mass is 535 g/mol. The smallest absolute Gasteiger partial charge is 0.243 e. The van der Waals surface area contributed by atoms with Gasteiger partial charge in [0.2, 0.25) is 21.8 Å². The minimum Gasteiger partial charge on any atom is -0.352 e. The first-order valence-corrected chi connectivity index (χ1v) is 14.5. The molecule has 9 heteroatoms. The van der Waals surface area contributed by atoms with Crippen molar-refractivity contribution in [3.63, 3.8) is 0 Å². The van der Waals surface area contributed by atoms with Crippen LogP contribution in [-0.4, -0.2) is 50.0 Å². The Morgan fingerprint density at radius 1 is 1.06 bits per heavy atom. The quantitative estimate of drug-likeness (QED) is 0.421. The van der Waals surface area contributed by atoms with Gasteiger partial charge < -0.3 is 10.2 Å². The number of hydrogen-bond donors (Lipinski definition) is 1. The number of carbonyl (C=O) groups excluding carboxylic acids is 2. The minimum absolute atomic E-state index is 0.0498. The second-order valence-corrected chi connectivity index (χ2v) is 11.7. The van der Waals surface area contributed by atoms with Gasteiger partial charge in [-0.05, 0) is 69.4 Å². The highest BCUT2D eigenvalue weighted by atomic mass is 35.5. The summed E-state index contributed by atoms with van der Waals surface area (Å²) in [6.07, 6.45) is 2.00. The molecule has 7 nitrogen and oxygen atoms in total. The Morgan fingerprint density at radius 3 is 2.31 bits per heavy atom. The van der Waals surface area contributed by atoms with Crippen LogP contribution in [0.3, 0.4) is 0 Å². The number of amides is 2. The molecular weight excluding hydrogens is 498 g/mol. The zero-order valence-corrected chi connectivity index (χ0v) is 23.6. The van der Waals surface area contributed by atoms with Gasteiger partial charge in [0.05, 0.1) is 11.9 Å². The van der Waals surface area contributed by atoms with E-state index in [0.29, 0.717) is 30.1 Å². The molecule has 36 heavy (non-hydrogen) atoms. The van der Waals surface area contributed by atoms with Crippen LogP contribution in [-0.2, 0) is 26.2 Å². The Morgan fingerprint density at radius 2 is 1.72 bits per heavy atom. The zero-order chi connectivity index (χ0) is 27.0. The molecule has 2 aromatic carbocycles. The van der Waals surface area contributed by atoms with Gasteiger partial charge in [-0.3, -0.25) is 13.9 Å². The van der Waals surface area contributed by atoms with E-state index >= 15 is 0 Å². The van der Waals surface area contributed by atoms with Crippen molar-refractivity contribution in [1.82, 2.24) is 10.2 Å². The molecule has 0 spiro atoms. The van der Waals surface area contributed by atoms with Gasteiger partial charge in [0.15, 0.2) is 0 Å². The first-order valence-electron chi connectivity index (χ1n) is 12.2. The Balaban J connectivity index is 2.26. The molecule has 2 aromatic rings. The van der Waals surface area contributed by atoms with Crippen molar-refractivity contribution >= 4 is 39.1 Å². The lowest BCUT2D eigenvalue weighted by atomic mass is 10.0. The molecule has 0 saturated carbocycles. The summed E-state index contributed by atoms with van der Waals surface area (Å²) in [6.45, 7) is 9.88. The lowest BCUT2D eigenvalue weighted by Gasteiger charge is -2.32. The van der Waals surface area contributed by atoms with Crippen LogP contribution < -0.4 is 9.62 Å². The highest BCUT2D eigenvalue weighted by Gasteiger charge is 2.29. The van der Waals surface area contributed by atoms with Gasteiger partial charge in [0.1, 0.15) is 6.04 Å². The van der Waals surface area contributed by atoms with Crippen LogP contribution in [0, 0.1) is 13.8 Å². The van der Waals surface area contributed by atoms with Crippen molar-refractivity contribution in [2.45, 2.75) is 72.5 Å². The molecule has 0 aliphatic rings. The molecule has 0 bridgehead atoms. The van der Waals surface area contributed by atoms with Crippen molar-refractivity contribution in [1.29, 1.82) is 0 Å². The summed E-state index contributed by atoms with van der Waals surface area (Å²) in [6, 6.07) is 12.2. The molecule has 2 rings (SSSR count). The number of halogens is 1. The van der Waals surface area contributed by atoms with E-state index in [2.05, 4.69) is 5.32 Å². The summed E-state index contributed by atoms with van der Waals surface area (Å²) in [4.78, 5) is 28.1. The minimum atomic E-state index is -3.59. The molecule has 0 fully saturated rings. The maximum absolute atomic E-state index is 13.5. The lowest BCUT2D eigenvalue weighted by Crippen LogP contribution is -2.50. The first kappa shape index (κ1) is 29.6. The standard InChI is InChI=1S/C27H38ClN3O4S/c1-7-24(27(33)29-19(2)3)30(18-22-12-9-8-11-20(22)4)26(32)13-10-16-31(36(6,34)35)25-17-23(28)15-14-21(25)5/h8-9,11-12,14-15,17,19,24H,7,10,13,16,18H2,1-6H3,(H,29,33). The van der Waals surface area contributed by atoms with E-state index < -0.39 is 16.1 Å². The van der Waals surface area contributed by atoms with Gasteiger partial charge in [-0.15, -0.1) is 0 Å². The molecule has 0 aromatic heterocycles. The molecule has 198 valence electrons. The van der Waals surface area contributed by atoms with Gasteiger partial charge in [-0.25, -0.2) is 8.42 Å². The van der Waals surface area contributed by atoms with Crippen LogP contribution in [0.25, 0.3) is 0 Å². The predicted octanol–water partition coefficient (Wildman–Crippen LogP) is 4.84. The fraction of sp³-hybridized carbons (Fsp3) is 0.481. The number of rotatable bonds is 12. The van der Waals surface area contributed by atoms with E-state index in [1.54, 1.807) is 23.1 Å². The van der Waals surface area contributed by atoms with E-state index in [1.807, 2.05) is 58.9 Å². The van der Waals surface area contributed by atoms with Crippen molar-refractivity contribution in [3.05, 3.63) is 64.2 Å². The summed E-state index contributed by atoms with van der Waals surface area (Å²) < 4.78 is 26.4. The number of nitrogens with one attached hydrogen (secondary N) is 1. The van der Waals surface area contributed by atoms with Crippen LogP contribution in [0.2, 0.25) is 5.02 Å². The van der Waals surface area contributed by atoms with Gasteiger partial charge in [0, 0.05) is 30.6 Å². The molecule has 1 atom stereocenters. The van der Waals surface area contributed by atoms with E-state index in [1.165, 1.54) is 4.31 Å². The maximum Gasteiger partial charge on any atom is 0.243 e. The molecule has 1 unspecified atom stereocenters. The maximum atomic E-state index is 13.5. The number of sulfonamides is 1. The molecule has 1 N–H and O–H groups in total. The third kappa shape index (κ3) is 8.23. The third-order valence-corrected chi connectivity index (χ3v) is 7.43. The van der Waals surface area contributed by atoms with E-state index in [9.17, 15) is 18.0 Å². The number of anilines is 1. The van der Waals surface area contributed by atoms with Crippen LogP contribution in [0.5, 0.6) is 0 Å². The molecule has 0 aliphatic carbocycles. The molecular formula is C27H38ClN3O4S. The van der Waals surface area contributed by atoms with Crippen molar-refractivity contribution in [2.75, 3.05) is 17.1 Å². The first-order chi connectivity index (χ1) is 16.8. The normalized spacial score (nSPS) is 12.3. The van der Waals surface area contributed by atoms with E-state index in [4.69, 9.17) is 11.6 Å². The molecule has 2 amide bonds. The highest BCUT2D eigenvalue weighted by Crippen LogP contribution is 2.27. The Hall–Kier alpha value is -2.58. The fourth-order valence-corrected chi connectivity index (χ4v) is 5.29. The number of carbonyl (C=O) groups is 2. The SMILES string of the molecule is CCC(C(=O)NC(C)C)N(Cc1ccccc1C)C(=O)CCCN(c1cc(Cl)ccc1C)S(C)(=O)=O. The van der Waals surface area contributed by atoms with Gasteiger partial charge in [-0.1, -0.05) is 48.9 Å². The third-order valence-electron chi connectivity index (χ3n) is 6.01. The molecule has 0 radical (unpaired) electrons. The van der Waals surface area contributed by atoms with Crippen LogP contribution in [0.1, 0.15) is 56.7 Å². The summed E-state index contributed by atoms with van der Waals surface area (Å²) in [5.41, 5.74) is 3.27. The number of benzene rings is 2. The Kier molecular flexibility index (Phi) is 10.8. The largest absolute Gasteiger partial charge is 0.352 e. The summed E-state index contributed by atoms with van der Waals surface area (Å²) >= 11 is 6.12. The molecule has 0 heterocycles. The second kappa shape index (κ2) is 13.1. The van der Waals surface area contributed by atoms with Gasteiger partial charge in [-0.2, -0.15) is 0 Å². The summed E-state index contributed by atoms with van der Waals surface area (Å²) in [5, 5.41) is 3.36. The molecule has 0 saturated heterocycles. The van der Waals surface area contributed by atoms with Crippen LogP contribution in [0.15, 0.2) is 42.5 Å². The van der Waals surface area contributed by atoms with Crippen molar-refractivity contribution in [3.8, 4) is 0 Å². The topological polar surface area (TPSA) is 86.8 Å². The summed E-state index contributed by atoms with van der Waals surface area (Å²) in [7, 11) is -3.59. The van der Waals surface area contributed by atoms with Crippen molar-refractivity contribution in [2.24, 2.45) is 0 Å². The highest BCUT2D eigenvalue weighted by molar-refractivity contribution is 7.92. The van der Waals surface area contributed by atoms with Crippen LogP contribution in [0.4, 0.5) is 5.69 Å². The number of aryl methyl sites for hydroxylation is 2. The predicted molar refractivity (Wildman–Crippen MR) is 147 cm³/mol. The summed E-state index contributed by atoms with van der Waals surface area (Å²) in [5.74, 6) is -0.387. The average Bonchev–Trinajstić information content (AvgIpc) is 2.78. The zero-order valence-electron chi connectivity index (χ0n) is 22.0. The molecule has 0 aliphatic heterocycles. The lowest BCUT2D eigenvalue weighted by molar-refractivity contribution is -0.141. The van der Waals surface area contributed by atoms with Crippen molar-refractivity contribution < 1.29 is 18.0 Å². The number of nitrogens with zero attached hydrogens (tertiary/aromatic N) is 2. The van der Waals surface area contributed by atoms with E-state index in [0.717, 1.165) is 22.9 Å². The second-order valence-electron chi connectivity index (χ2n) is 9.40.